The van der Waals surface area contributed by atoms with Gasteiger partial charge in [0.05, 0.1) is 17.0 Å². The Morgan fingerprint density at radius 2 is 1.96 bits per heavy atom. The number of para-hydroxylation sites is 2. The molecule has 2 aromatic carbocycles. The summed E-state index contributed by atoms with van der Waals surface area (Å²) in [4.78, 5) is 33.5. The Morgan fingerprint density at radius 1 is 1.19 bits per heavy atom. The van der Waals surface area contributed by atoms with E-state index < -0.39 is 11.9 Å². The summed E-state index contributed by atoms with van der Waals surface area (Å²) in [5, 5.41) is 9.97. The van der Waals surface area contributed by atoms with Crippen molar-refractivity contribution in [3.63, 3.8) is 0 Å². The normalized spacial score (nSPS) is 16.7. The third-order valence-electron chi connectivity index (χ3n) is 4.80. The molecule has 0 radical (unpaired) electrons. The van der Waals surface area contributed by atoms with E-state index in [0.29, 0.717) is 24.3 Å². The van der Waals surface area contributed by atoms with Gasteiger partial charge in [-0.1, -0.05) is 42.1 Å². The molecule has 1 unspecified atom stereocenters. The molecule has 7 heteroatoms. The highest BCUT2D eigenvalue weighted by Crippen LogP contribution is 2.26. The molecule has 0 spiro atoms. The number of carboxylic acids is 1. The number of amides is 1. The van der Waals surface area contributed by atoms with Gasteiger partial charge in [0.2, 0.25) is 0 Å². The molecule has 2 N–H and O–H groups in total. The van der Waals surface area contributed by atoms with Crippen LogP contribution in [0.1, 0.15) is 22.3 Å². The van der Waals surface area contributed by atoms with E-state index in [0.717, 1.165) is 21.8 Å². The van der Waals surface area contributed by atoms with Gasteiger partial charge in [-0.3, -0.25) is 9.59 Å². The van der Waals surface area contributed by atoms with E-state index in [1.165, 1.54) is 0 Å². The first kappa shape index (κ1) is 17.6. The van der Waals surface area contributed by atoms with Crippen LogP contribution in [0.25, 0.3) is 11.0 Å². The number of nitrogens with zero attached hydrogens (tertiary/aromatic N) is 2. The number of carbonyl (C=O) groups is 2. The molecule has 1 amide bonds. The zero-order chi connectivity index (χ0) is 18.8. The van der Waals surface area contributed by atoms with Crippen molar-refractivity contribution in [1.29, 1.82) is 0 Å². The van der Waals surface area contributed by atoms with E-state index >= 15 is 0 Å². The third-order valence-corrected chi connectivity index (χ3v) is 5.73. The predicted octanol–water partition coefficient (Wildman–Crippen LogP) is 3.40. The quantitative estimate of drug-likeness (QED) is 0.662. The number of carbonyl (C=O) groups excluding carboxylic acids is 1. The van der Waals surface area contributed by atoms with Gasteiger partial charge in [0.25, 0.3) is 5.91 Å². The van der Waals surface area contributed by atoms with Crippen molar-refractivity contribution in [3.05, 3.63) is 59.7 Å². The monoisotopic (exact) mass is 381 g/mol. The molecule has 0 saturated carbocycles. The van der Waals surface area contributed by atoms with Crippen LogP contribution in [-0.4, -0.2) is 44.9 Å². The lowest BCUT2D eigenvalue weighted by molar-refractivity contribution is -0.141. The lowest BCUT2D eigenvalue weighted by Gasteiger charge is -2.18. The minimum absolute atomic E-state index is 0.0976. The minimum atomic E-state index is -0.834. The highest BCUT2D eigenvalue weighted by atomic mass is 32.2. The number of aromatic amines is 1. The number of fused-ring (bicyclic) bond motifs is 1. The molecule has 1 aromatic heterocycles. The van der Waals surface area contributed by atoms with Crippen LogP contribution in [0.5, 0.6) is 0 Å². The van der Waals surface area contributed by atoms with Gasteiger partial charge in [-0.15, -0.1) is 0 Å². The number of rotatable bonds is 5. The molecule has 1 aliphatic heterocycles. The Kier molecular flexibility index (Phi) is 4.85. The van der Waals surface area contributed by atoms with Crippen molar-refractivity contribution >= 4 is 34.7 Å². The number of aliphatic carboxylic acids is 1. The second-order valence-electron chi connectivity index (χ2n) is 6.58. The van der Waals surface area contributed by atoms with Crippen LogP contribution in [0.4, 0.5) is 0 Å². The maximum Gasteiger partial charge on any atom is 0.308 e. The Morgan fingerprint density at radius 3 is 2.74 bits per heavy atom. The van der Waals surface area contributed by atoms with Crippen molar-refractivity contribution < 1.29 is 14.7 Å². The molecule has 1 aliphatic rings. The molecule has 6 nitrogen and oxygen atoms in total. The Balaban J connectivity index is 1.49. The molecule has 1 saturated heterocycles. The van der Waals surface area contributed by atoms with Gasteiger partial charge in [0.1, 0.15) is 0 Å². The summed E-state index contributed by atoms with van der Waals surface area (Å²) in [7, 11) is 0. The number of benzene rings is 2. The first-order valence-corrected chi connectivity index (χ1v) is 9.78. The summed E-state index contributed by atoms with van der Waals surface area (Å²) < 4.78 is 0. The molecular formula is C20H19N3O3S. The number of nitrogens with one attached hydrogen (secondary N) is 1. The van der Waals surface area contributed by atoms with Crippen LogP contribution in [0.2, 0.25) is 0 Å². The van der Waals surface area contributed by atoms with Crippen LogP contribution in [0.15, 0.2) is 53.7 Å². The van der Waals surface area contributed by atoms with Gasteiger partial charge in [-0.2, -0.15) is 0 Å². The van der Waals surface area contributed by atoms with Gasteiger partial charge < -0.3 is 15.0 Å². The van der Waals surface area contributed by atoms with Crippen molar-refractivity contribution in [3.8, 4) is 0 Å². The van der Waals surface area contributed by atoms with Gasteiger partial charge in [0.15, 0.2) is 5.16 Å². The Bertz CT molecular complexity index is 968. The zero-order valence-corrected chi connectivity index (χ0v) is 15.4. The maximum absolute atomic E-state index is 12.9. The van der Waals surface area contributed by atoms with Gasteiger partial charge in [0, 0.05) is 24.4 Å². The Labute approximate surface area is 160 Å². The largest absolute Gasteiger partial charge is 0.481 e. The summed E-state index contributed by atoms with van der Waals surface area (Å²) in [6.45, 7) is 0.764. The van der Waals surface area contributed by atoms with Crippen molar-refractivity contribution in [2.45, 2.75) is 17.3 Å². The van der Waals surface area contributed by atoms with Gasteiger partial charge in [-0.25, -0.2) is 4.98 Å². The van der Waals surface area contributed by atoms with Crippen molar-refractivity contribution in [2.75, 3.05) is 13.1 Å². The highest BCUT2D eigenvalue weighted by molar-refractivity contribution is 7.98. The summed E-state index contributed by atoms with van der Waals surface area (Å²) >= 11 is 1.55. The lowest BCUT2D eigenvalue weighted by atomic mass is 10.1. The molecule has 3 aromatic rings. The first-order valence-electron chi connectivity index (χ1n) is 8.79. The van der Waals surface area contributed by atoms with E-state index in [1.807, 2.05) is 48.5 Å². The molecular weight excluding hydrogens is 362 g/mol. The standard InChI is InChI=1S/C20H19N3O3S/c24-18(23-10-9-13(11-23)19(25)26)15-6-2-1-5-14(15)12-27-20-21-16-7-3-4-8-17(16)22-20/h1-8,13H,9-12H2,(H,21,22)(H,25,26). The molecule has 4 rings (SSSR count). The number of aromatic nitrogens is 2. The average Bonchev–Trinajstić information content (AvgIpc) is 3.33. The Hall–Kier alpha value is -2.80. The van der Waals surface area contributed by atoms with E-state index in [4.69, 9.17) is 5.11 Å². The SMILES string of the molecule is O=C(O)C1CCN(C(=O)c2ccccc2CSc2nc3ccccc3[nH]2)C1. The molecule has 0 aliphatic carbocycles. The van der Waals surface area contributed by atoms with E-state index in [1.54, 1.807) is 16.7 Å². The fourth-order valence-electron chi connectivity index (χ4n) is 3.32. The molecule has 138 valence electrons. The summed E-state index contributed by atoms with van der Waals surface area (Å²) in [5.74, 6) is -0.789. The number of hydrogen-bond acceptors (Lipinski definition) is 4. The fraction of sp³-hybridized carbons (Fsp3) is 0.250. The van der Waals surface area contributed by atoms with Gasteiger partial charge in [-0.05, 0) is 30.2 Å². The number of hydrogen-bond donors (Lipinski definition) is 2. The van der Waals surface area contributed by atoms with Crippen LogP contribution >= 0.6 is 11.8 Å². The summed E-state index contributed by atoms with van der Waals surface area (Å²) in [5.41, 5.74) is 3.46. The second kappa shape index (κ2) is 7.44. The zero-order valence-electron chi connectivity index (χ0n) is 14.6. The van der Waals surface area contributed by atoms with E-state index in [-0.39, 0.29) is 12.5 Å². The van der Waals surface area contributed by atoms with Gasteiger partial charge >= 0.3 is 5.97 Å². The smallest absolute Gasteiger partial charge is 0.308 e. The summed E-state index contributed by atoms with van der Waals surface area (Å²) in [6.07, 6.45) is 0.511. The molecule has 27 heavy (non-hydrogen) atoms. The van der Waals surface area contributed by atoms with Crippen LogP contribution in [-0.2, 0) is 10.5 Å². The number of carboxylic acid groups (broad SMARTS) is 1. The van der Waals surface area contributed by atoms with Crippen LogP contribution in [0.3, 0.4) is 0 Å². The number of imidazole rings is 1. The first-order chi connectivity index (χ1) is 13.1. The molecule has 0 bridgehead atoms. The second-order valence-corrected chi connectivity index (χ2v) is 7.54. The highest BCUT2D eigenvalue weighted by Gasteiger charge is 2.31. The third kappa shape index (κ3) is 3.68. The molecule has 2 heterocycles. The average molecular weight is 381 g/mol. The minimum Gasteiger partial charge on any atom is -0.481 e. The van der Waals surface area contributed by atoms with Crippen LogP contribution < -0.4 is 0 Å². The number of H-pyrrole nitrogens is 1. The topological polar surface area (TPSA) is 86.3 Å². The lowest BCUT2D eigenvalue weighted by Crippen LogP contribution is -2.30. The molecule has 1 fully saturated rings. The predicted molar refractivity (Wildman–Crippen MR) is 104 cm³/mol. The van der Waals surface area contributed by atoms with E-state index in [2.05, 4.69) is 9.97 Å². The van der Waals surface area contributed by atoms with Crippen molar-refractivity contribution in [2.24, 2.45) is 5.92 Å². The van der Waals surface area contributed by atoms with E-state index in [9.17, 15) is 9.59 Å². The van der Waals surface area contributed by atoms with Crippen LogP contribution in [0, 0.1) is 5.92 Å². The fourth-order valence-corrected chi connectivity index (χ4v) is 4.20. The summed E-state index contributed by atoms with van der Waals surface area (Å²) in [6, 6.07) is 15.4. The maximum atomic E-state index is 12.9. The molecule has 1 atom stereocenters. The van der Waals surface area contributed by atoms with Crippen molar-refractivity contribution in [1.82, 2.24) is 14.9 Å². The number of likely N-dealkylation sites (tertiary alicyclic amines) is 1. The number of thioether (sulfide) groups is 1.